The van der Waals surface area contributed by atoms with Crippen LogP contribution in [0, 0.1) is 17.1 Å². The lowest BCUT2D eigenvalue weighted by Crippen LogP contribution is -2.45. The highest BCUT2D eigenvalue weighted by atomic mass is 19.1. The van der Waals surface area contributed by atoms with Crippen LogP contribution in [0.4, 0.5) is 10.2 Å². The van der Waals surface area contributed by atoms with Crippen molar-refractivity contribution in [3.63, 3.8) is 0 Å². The van der Waals surface area contributed by atoms with E-state index in [9.17, 15) is 4.39 Å². The molecule has 4 heterocycles. The van der Waals surface area contributed by atoms with E-state index < -0.39 is 5.82 Å². The molecule has 3 aromatic rings. The van der Waals surface area contributed by atoms with E-state index in [2.05, 4.69) is 20.4 Å². The van der Waals surface area contributed by atoms with E-state index in [1.54, 1.807) is 24.7 Å². The van der Waals surface area contributed by atoms with Crippen LogP contribution in [0.15, 0.2) is 18.3 Å². The van der Waals surface area contributed by atoms with E-state index in [4.69, 9.17) is 14.7 Å². The van der Waals surface area contributed by atoms with Gasteiger partial charge in [0.05, 0.1) is 37.5 Å². The van der Waals surface area contributed by atoms with Gasteiger partial charge in [-0.15, -0.1) is 0 Å². The van der Waals surface area contributed by atoms with Gasteiger partial charge in [0.15, 0.2) is 11.5 Å². The molecular weight excluding hydrogens is 351 g/mol. The fourth-order valence-electron chi connectivity index (χ4n) is 3.12. The highest BCUT2D eigenvalue weighted by Gasteiger charge is 2.40. The van der Waals surface area contributed by atoms with Gasteiger partial charge in [0.25, 0.3) is 0 Å². The van der Waals surface area contributed by atoms with Crippen LogP contribution in [0.2, 0.25) is 0 Å². The molecule has 0 spiro atoms. The standard InChI is InChI=1S/C18H17FN6O2/c1-18(8-27-9-18)16-13(26-3)5-14-22-7-12(25(14)24-16)15-11(19)4-10(6-20)17(21-2)23-15/h4-5,7H,8-9H2,1-3H3,(H,21,23). The van der Waals surface area contributed by atoms with Crippen molar-refractivity contribution in [2.24, 2.45) is 0 Å². The molecule has 0 aromatic carbocycles. The van der Waals surface area contributed by atoms with Crippen molar-refractivity contribution in [2.75, 3.05) is 32.7 Å². The highest BCUT2D eigenvalue weighted by Crippen LogP contribution is 2.37. The van der Waals surface area contributed by atoms with Crippen LogP contribution in [-0.2, 0) is 10.2 Å². The minimum atomic E-state index is -0.621. The van der Waals surface area contributed by atoms with Gasteiger partial charge in [0.1, 0.15) is 34.7 Å². The van der Waals surface area contributed by atoms with Gasteiger partial charge in [-0.1, -0.05) is 0 Å². The normalized spacial score (nSPS) is 15.2. The van der Waals surface area contributed by atoms with Crippen LogP contribution in [0.25, 0.3) is 17.0 Å². The van der Waals surface area contributed by atoms with Crippen LogP contribution in [0.3, 0.4) is 0 Å². The van der Waals surface area contributed by atoms with Crippen LogP contribution in [-0.4, -0.2) is 47.0 Å². The second kappa shape index (κ2) is 6.17. The molecular formula is C18H17FN6O2. The zero-order valence-electron chi connectivity index (χ0n) is 15.1. The molecule has 0 aliphatic carbocycles. The predicted molar refractivity (Wildman–Crippen MR) is 95.2 cm³/mol. The van der Waals surface area contributed by atoms with Gasteiger partial charge in [-0.3, -0.25) is 0 Å². The van der Waals surface area contributed by atoms with Crippen molar-refractivity contribution < 1.29 is 13.9 Å². The van der Waals surface area contributed by atoms with E-state index in [1.807, 2.05) is 13.0 Å². The Kier molecular flexibility index (Phi) is 3.93. The SMILES string of the molecule is CNc1nc(-c2cnc3cc(OC)c(C4(C)COC4)nn23)c(F)cc1C#N. The van der Waals surface area contributed by atoms with Crippen molar-refractivity contribution in [3.05, 3.63) is 35.4 Å². The molecule has 9 heteroatoms. The molecule has 1 N–H and O–H groups in total. The number of pyridine rings is 1. The average molecular weight is 368 g/mol. The zero-order valence-corrected chi connectivity index (χ0v) is 15.1. The molecule has 4 rings (SSSR count). The smallest absolute Gasteiger partial charge is 0.157 e. The number of fused-ring (bicyclic) bond motifs is 1. The summed E-state index contributed by atoms with van der Waals surface area (Å²) in [6.07, 6.45) is 1.50. The number of methoxy groups -OCH3 is 1. The summed E-state index contributed by atoms with van der Waals surface area (Å²) >= 11 is 0. The third-order valence-corrected chi connectivity index (χ3v) is 4.67. The maximum atomic E-state index is 14.6. The Bertz CT molecular complexity index is 1080. The van der Waals surface area contributed by atoms with E-state index in [0.717, 1.165) is 6.07 Å². The summed E-state index contributed by atoms with van der Waals surface area (Å²) in [5.41, 5.74) is 1.51. The van der Waals surface area contributed by atoms with E-state index in [0.29, 0.717) is 36.0 Å². The van der Waals surface area contributed by atoms with E-state index in [1.165, 1.54) is 6.20 Å². The van der Waals surface area contributed by atoms with Crippen molar-refractivity contribution in [3.8, 4) is 23.2 Å². The summed E-state index contributed by atoms with van der Waals surface area (Å²) in [5.74, 6) is 0.274. The molecule has 0 atom stereocenters. The summed E-state index contributed by atoms with van der Waals surface area (Å²) in [7, 11) is 3.20. The number of hydrogen-bond acceptors (Lipinski definition) is 7. The van der Waals surface area contributed by atoms with Crippen LogP contribution >= 0.6 is 0 Å². The fraction of sp³-hybridized carbons (Fsp3) is 0.333. The van der Waals surface area contributed by atoms with Gasteiger partial charge in [-0.25, -0.2) is 18.9 Å². The maximum absolute atomic E-state index is 14.6. The van der Waals surface area contributed by atoms with Crippen molar-refractivity contribution in [1.29, 1.82) is 5.26 Å². The topological polar surface area (TPSA) is 97.4 Å². The van der Waals surface area contributed by atoms with Gasteiger partial charge in [-0.2, -0.15) is 10.4 Å². The Morgan fingerprint density at radius 3 is 2.78 bits per heavy atom. The number of halogens is 1. The summed E-state index contributed by atoms with van der Waals surface area (Å²) in [6.45, 7) is 3.09. The first-order chi connectivity index (χ1) is 13.0. The molecule has 0 saturated carbocycles. The predicted octanol–water partition coefficient (Wildman–Crippen LogP) is 2.14. The molecule has 1 aliphatic rings. The Balaban J connectivity index is 1.94. The molecule has 0 amide bonds. The number of ether oxygens (including phenoxy) is 2. The average Bonchev–Trinajstić information content (AvgIpc) is 3.07. The lowest BCUT2D eigenvalue weighted by molar-refractivity contribution is -0.0535. The van der Waals surface area contributed by atoms with Crippen molar-refractivity contribution in [1.82, 2.24) is 19.6 Å². The summed E-state index contributed by atoms with van der Waals surface area (Å²) in [4.78, 5) is 8.56. The molecule has 3 aromatic heterocycles. The van der Waals surface area contributed by atoms with Gasteiger partial charge >= 0.3 is 0 Å². The first kappa shape index (κ1) is 17.2. The molecule has 138 valence electrons. The van der Waals surface area contributed by atoms with Crippen LogP contribution in [0.1, 0.15) is 18.2 Å². The number of hydrogen-bond donors (Lipinski definition) is 1. The van der Waals surface area contributed by atoms with E-state index in [-0.39, 0.29) is 22.5 Å². The quantitative estimate of drug-likeness (QED) is 0.753. The summed E-state index contributed by atoms with van der Waals surface area (Å²) in [5, 5.41) is 16.6. The molecule has 0 unspecified atom stereocenters. The van der Waals surface area contributed by atoms with Gasteiger partial charge in [0.2, 0.25) is 0 Å². The molecule has 8 nitrogen and oxygen atoms in total. The number of aromatic nitrogens is 4. The lowest BCUT2D eigenvalue weighted by Gasteiger charge is -2.37. The van der Waals surface area contributed by atoms with Crippen LogP contribution in [0.5, 0.6) is 5.75 Å². The highest BCUT2D eigenvalue weighted by molar-refractivity contribution is 5.66. The molecule has 0 bridgehead atoms. The zero-order chi connectivity index (χ0) is 19.2. The largest absolute Gasteiger partial charge is 0.495 e. The number of nitrogens with one attached hydrogen (secondary N) is 1. The van der Waals surface area contributed by atoms with Crippen LogP contribution < -0.4 is 10.1 Å². The fourth-order valence-corrected chi connectivity index (χ4v) is 3.12. The Hall–Kier alpha value is -3.25. The van der Waals surface area contributed by atoms with Gasteiger partial charge in [0, 0.05) is 13.1 Å². The summed E-state index contributed by atoms with van der Waals surface area (Å²) < 4.78 is 27.0. The molecule has 27 heavy (non-hydrogen) atoms. The number of nitriles is 1. The number of rotatable bonds is 4. The molecule has 1 aliphatic heterocycles. The summed E-state index contributed by atoms with van der Waals surface area (Å²) in [6, 6.07) is 4.83. The van der Waals surface area contributed by atoms with Crippen molar-refractivity contribution >= 4 is 11.5 Å². The first-order valence-corrected chi connectivity index (χ1v) is 8.30. The third-order valence-electron chi connectivity index (χ3n) is 4.67. The van der Waals surface area contributed by atoms with Gasteiger partial charge < -0.3 is 14.8 Å². The van der Waals surface area contributed by atoms with Gasteiger partial charge in [-0.05, 0) is 13.0 Å². The molecule has 1 saturated heterocycles. The minimum absolute atomic E-state index is 0.0597. The number of nitrogens with zero attached hydrogens (tertiary/aromatic N) is 5. The second-order valence-electron chi connectivity index (χ2n) is 6.60. The Morgan fingerprint density at radius 2 is 2.19 bits per heavy atom. The van der Waals surface area contributed by atoms with Crippen molar-refractivity contribution in [2.45, 2.75) is 12.3 Å². The third kappa shape index (κ3) is 2.57. The Morgan fingerprint density at radius 1 is 1.41 bits per heavy atom. The monoisotopic (exact) mass is 368 g/mol. The lowest BCUT2D eigenvalue weighted by atomic mass is 9.84. The Labute approximate surface area is 154 Å². The second-order valence-corrected chi connectivity index (χ2v) is 6.60. The maximum Gasteiger partial charge on any atom is 0.157 e. The number of imidazole rings is 1. The molecule has 1 fully saturated rings. The van der Waals surface area contributed by atoms with E-state index >= 15 is 0 Å². The minimum Gasteiger partial charge on any atom is -0.495 e. The molecule has 0 radical (unpaired) electrons. The number of anilines is 1. The first-order valence-electron chi connectivity index (χ1n) is 8.30.